The third-order valence-corrected chi connectivity index (χ3v) is 4.21. The number of hydrogen-bond acceptors (Lipinski definition) is 8. The second kappa shape index (κ2) is 9.32. The highest BCUT2D eigenvalue weighted by Gasteiger charge is 2.23. The second-order valence-corrected chi connectivity index (χ2v) is 6.38. The molecule has 0 aliphatic rings. The number of carbonyl (C=O) groups is 1. The molecule has 1 aromatic heterocycles. The zero-order valence-corrected chi connectivity index (χ0v) is 16.4. The molecule has 10 nitrogen and oxygen atoms in total. The van der Waals surface area contributed by atoms with Crippen LogP contribution in [0.15, 0.2) is 54.9 Å². The van der Waals surface area contributed by atoms with Gasteiger partial charge in [0.2, 0.25) is 11.6 Å². The molecule has 0 aliphatic heterocycles. The van der Waals surface area contributed by atoms with Crippen molar-refractivity contribution in [3.8, 4) is 5.75 Å². The summed E-state index contributed by atoms with van der Waals surface area (Å²) in [6, 6.07) is 14.4. The number of benzene rings is 2. The summed E-state index contributed by atoms with van der Waals surface area (Å²) in [6.07, 6.45) is 1.16. The highest BCUT2D eigenvalue weighted by atomic mass is 16.6. The van der Waals surface area contributed by atoms with Gasteiger partial charge < -0.3 is 10.1 Å². The van der Waals surface area contributed by atoms with Crippen LogP contribution in [0.1, 0.15) is 11.1 Å². The molecule has 1 amide bonds. The number of anilines is 3. The smallest absolute Gasteiger partial charge is 0.355 e. The lowest BCUT2D eigenvalue weighted by atomic mass is 10.1. The average molecular weight is 408 g/mol. The predicted octanol–water partition coefficient (Wildman–Crippen LogP) is 3.27. The minimum Gasteiger partial charge on any atom is -0.484 e. The molecule has 0 fully saturated rings. The second-order valence-electron chi connectivity index (χ2n) is 6.38. The van der Waals surface area contributed by atoms with E-state index in [1.165, 1.54) is 0 Å². The number of amides is 1. The number of para-hydroxylation sites is 1. The van der Waals surface area contributed by atoms with E-state index in [0.29, 0.717) is 11.4 Å². The van der Waals surface area contributed by atoms with Crippen LogP contribution < -0.4 is 20.9 Å². The number of nitrogens with one attached hydrogen (secondary N) is 3. The molecular formula is C20H20N6O4. The van der Waals surface area contributed by atoms with Crippen molar-refractivity contribution in [2.75, 3.05) is 17.3 Å². The lowest BCUT2D eigenvalue weighted by Crippen LogP contribution is -2.34. The molecule has 0 aliphatic carbocycles. The number of aryl methyl sites for hydroxylation is 2. The van der Waals surface area contributed by atoms with Gasteiger partial charge in [-0.05, 0) is 49.2 Å². The van der Waals surface area contributed by atoms with E-state index in [1.54, 1.807) is 30.3 Å². The van der Waals surface area contributed by atoms with E-state index in [-0.39, 0.29) is 18.2 Å². The quantitative estimate of drug-likeness (QED) is 0.382. The topological polar surface area (TPSA) is 131 Å². The molecule has 3 rings (SSSR count). The fraction of sp³-hybridized carbons (Fsp3) is 0.150. The number of nitrogens with zero attached hydrogens (tertiary/aromatic N) is 3. The normalized spacial score (nSPS) is 10.2. The van der Waals surface area contributed by atoms with Crippen LogP contribution in [0, 0.1) is 24.0 Å². The van der Waals surface area contributed by atoms with Crippen molar-refractivity contribution in [1.29, 1.82) is 0 Å². The van der Waals surface area contributed by atoms with Crippen molar-refractivity contribution >= 4 is 28.9 Å². The zero-order valence-electron chi connectivity index (χ0n) is 16.4. The molecule has 10 heteroatoms. The first-order valence-electron chi connectivity index (χ1n) is 9.00. The van der Waals surface area contributed by atoms with E-state index in [1.807, 2.05) is 32.0 Å². The minimum absolute atomic E-state index is 0.00413. The van der Waals surface area contributed by atoms with Crippen LogP contribution in [0.5, 0.6) is 5.75 Å². The molecular weight excluding hydrogens is 388 g/mol. The van der Waals surface area contributed by atoms with E-state index >= 15 is 0 Å². The molecule has 0 atom stereocenters. The first kappa shape index (κ1) is 20.5. The molecule has 0 saturated carbocycles. The van der Waals surface area contributed by atoms with Crippen LogP contribution in [0.3, 0.4) is 0 Å². The Bertz CT molecular complexity index is 1060. The van der Waals surface area contributed by atoms with Crippen LogP contribution in [0.25, 0.3) is 0 Å². The molecule has 0 unspecified atom stereocenters. The molecule has 0 bridgehead atoms. The maximum atomic E-state index is 12.0. The number of hydrogen-bond donors (Lipinski definition) is 3. The maximum Gasteiger partial charge on any atom is 0.355 e. The zero-order chi connectivity index (χ0) is 21.5. The summed E-state index contributed by atoms with van der Waals surface area (Å²) in [5.41, 5.74) is 7.17. The Morgan fingerprint density at radius 2 is 1.80 bits per heavy atom. The first-order chi connectivity index (χ1) is 14.4. The van der Waals surface area contributed by atoms with E-state index in [9.17, 15) is 14.9 Å². The van der Waals surface area contributed by atoms with Gasteiger partial charge in [0.25, 0.3) is 5.91 Å². The van der Waals surface area contributed by atoms with Crippen molar-refractivity contribution in [3.05, 3.63) is 76.1 Å². The van der Waals surface area contributed by atoms with Crippen LogP contribution >= 0.6 is 0 Å². The highest BCUT2D eigenvalue weighted by molar-refractivity contribution is 5.80. The van der Waals surface area contributed by atoms with Crippen molar-refractivity contribution < 1.29 is 14.5 Å². The van der Waals surface area contributed by atoms with Gasteiger partial charge in [-0.15, -0.1) is 0 Å². The van der Waals surface area contributed by atoms with Gasteiger partial charge >= 0.3 is 5.69 Å². The standard InChI is InChI=1S/C20H20N6O4/c1-13-8-9-15(10-14(13)2)23-19-18(26(28)29)20(22-12-21-19)25-24-17(27)11-30-16-6-4-3-5-7-16/h3-10,12H,11H2,1-2H3,(H,24,27)(H2,21,22,23,25). The molecule has 3 N–H and O–H groups in total. The molecule has 2 aromatic carbocycles. The van der Waals surface area contributed by atoms with Crippen LogP contribution in [-0.4, -0.2) is 27.4 Å². The first-order valence-corrected chi connectivity index (χ1v) is 9.00. The molecule has 30 heavy (non-hydrogen) atoms. The number of rotatable bonds is 8. The van der Waals surface area contributed by atoms with E-state index in [0.717, 1.165) is 17.5 Å². The van der Waals surface area contributed by atoms with Gasteiger partial charge in [0.05, 0.1) is 4.92 Å². The fourth-order valence-corrected chi connectivity index (χ4v) is 2.52. The summed E-state index contributed by atoms with van der Waals surface area (Å²) in [5, 5.41) is 14.5. The van der Waals surface area contributed by atoms with Gasteiger partial charge in [-0.2, -0.15) is 0 Å². The SMILES string of the molecule is Cc1ccc(Nc2ncnc(NNC(=O)COc3ccccc3)c2[N+](=O)[O-])cc1C. The average Bonchev–Trinajstić information content (AvgIpc) is 2.74. The summed E-state index contributed by atoms with van der Waals surface area (Å²) < 4.78 is 5.33. The summed E-state index contributed by atoms with van der Waals surface area (Å²) in [6.45, 7) is 3.64. The molecule has 3 aromatic rings. The van der Waals surface area contributed by atoms with E-state index in [4.69, 9.17) is 4.74 Å². The molecule has 154 valence electrons. The maximum absolute atomic E-state index is 12.0. The van der Waals surface area contributed by atoms with Gasteiger partial charge in [0.15, 0.2) is 6.61 Å². The molecule has 1 heterocycles. The Hall–Kier alpha value is -4.21. The molecule has 0 spiro atoms. The largest absolute Gasteiger partial charge is 0.484 e. The predicted molar refractivity (Wildman–Crippen MR) is 112 cm³/mol. The summed E-state index contributed by atoms with van der Waals surface area (Å²) in [5.74, 6) is -0.166. The van der Waals surface area contributed by atoms with Crippen LogP contribution in [0.2, 0.25) is 0 Å². The highest BCUT2D eigenvalue weighted by Crippen LogP contribution is 2.31. The number of ether oxygens (including phenoxy) is 1. The van der Waals surface area contributed by atoms with Gasteiger partial charge in [-0.3, -0.25) is 25.8 Å². The summed E-state index contributed by atoms with van der Waals surface area (Å²) in [4.78, 5) is 30.8. The molecule has 0 radical (unpaired) electrons. The van der Waals surface area contributed by atoms with Crippen molar-refractivity contribution in [2.45, 2.75) is 13.8 Å². The summed E-state index contributed by atoms with van der Waals surface area (Å²) >= 11 is 0. The number of nitro groups is 1. The van der Waals surface area contributed by atoms with Gasteiger partial charge in [-0.1, -0.05) is 24.3 Å². The van der Waals surface area contributed by atoms with Crippen molar-refractivity contribution in [3.63, 3.8) is 0 Å². The van der Waals surface area contributed by atoms with E-state index < -0.39 is 16.5 Å². The Morgan fingerprint density at radius 1 is 1.07 bits per heavy atom. The Labute approximate surface area is 172 Å². The van der Waals surface area contributed by atoms with Crippen molar-refractivity contribution in [2.24, 2.45) is 0 Å². The number of carbonyl (C=O) groups excluding carboxylic acids is 1. The minimum atomic E-state index is -0.627. The Morgan fingerprint density at radius 3 is 2.50 bits per heavy atom. The summed E-state index contributed by atoms with van der Waals surface area (Å²) in [7, 11) is 0. The third-order valence-electron chi connectivity index (χ3n) is 4.21. The van der Waals surface area contributed by atoms with Crippen LogP contribution in [-0.2, 0) is 4.79 Å². The van der Waals surface area contributed by atoms with Gasteiger partial charge in [0.1, 0.15) is 12.1 Å². The van der Waals surface area contributed by atoms with E-state index in [2.05, 4.69) is 26.1 Å². The lowest BCUT2D eigenvalue weighted by molar-refractivity contribution is -0.383. The lowest BCUT2D eigenvalue weighted by Gasteiger charge is -2.12. The third kappa shape index (κ3) is 5.19. The van der Waals surface area contributed by atoms with Crippen LogP contribution in [0.4, 0.5) is 23.0 Å². The van der Waals surface area contributed by atoms with Gasteiger partial charge in [0, 0.05) is 5.69 Å². The fourth-order valence-electron chi connectivity index (χ4n) is 2.52. The van der Waals surface area contributed by atoms with Gasteiger partial charge in [-0.25, -0.2) is 9.97 Å². The Kier molecular flexibility index (Phi) is 6.38. The number of aromatic nitrogens is 2. The Balaban J connectivity index is 1.70. The van der Waals surface area contributed by atoms with Crippen molar-refractivity contribution in [1.82, 2.24) is 15.4 Å². The monoisotopic (exact) mass is 408 g/mol. The number of hydrazine groups is 1. The molecule has 0 saturated heterocycles.